The first-order valence-electron chi connectivity index (χ1n) is 7.94. The molecule has 0 aliphatic heterocycles. The molecule has 1 aromatic rings. The zero-order valence-corrected chi connectivity index (χ0v) is 12.9. The summed E-state index contributed by atoms with van der Waals surface area (Å²) in [7, 11) is 0. The Morgan fingerprint density at radius 3 is 2.35 bits per heavy atom. The third kappa shape index (κ3) is 1.86. The van der Waals surface area contributed by atoms with Crippen LogP contribution >= 0.6 is 11.3 Å². The SMILES string of the molecule is CCOC(=O)c1cscc1C12CC3CC(CC(C3)C1)C2. The zero-order valence-electron chi connectivity index (χ0n) is 12.1. The molecule has 0 atom stereocenters. The predicted octanol–water partition coefficient (Wildman–Crippen LogP) is 4.39. The molecule has 0 N–H and O–H groups in total. The molecule has 0 unspecified atom stereocenters. The minimum Gasteiger partial charge on any atom is -0.462 e. The molecule has 0 saturated heterocycles. The first kappa shape index (κ1) is 12.9. The molecule has 3 heteroatoms. The summed E-state index contributed by atoms with van der Waals surface area (Å²) < 4.78 is 5.26. The van der Waals surface area contributed by atoms with Crippen LogP contribution in [0.25, 0.3) is 0 Å². The molecule has 0 spiro atoms. The summed E-state index contributed by atoms with van der Waals surface area (Å²) in [5.41, 5.74) is 2.48. The molecule has 4 aliphatic rings. The van der Waals surface area contributed by atoms with E-state index in [9.17, 15) is 4.79 Å². The van der Waals surface area contributed by atoms with Crippen molar-refractivity contribution >= 4 is 17.3 Å². The Balaban J connectivity index is 1.71. The summed E-state index contributed by atoms with van der Waals surface area (Å²) in [5.74, 6) is 2.63. The lowest BCUT2D eigenvalue weighted by molar-refractivity contribution is -0.00582. The number of thiophene rings is 1. The van der Waals surface area contributed by atoms with Crippen LogP contribution in [0.2, 0.25) is 0 Å². The molecule has 1 heterocycles. The average molecular weight is 290 g/mol. The van der Waals surface area contributed by atoms with Crippen LogP contribution < -0.4 is 0 Å². The van der Waals surface area contributed by atoms with Crippen LogP contribution in [0.1, 0.15) is 61.4 Å². The summed E-state index contributed by atoms with van der Waals surface area (Å²) in [5, 5.41) is 4.24. The molecule has 2 nitrogen and oxygen atoms in total. The van der Waals surface area contributed by atoms with E-state index >= 15 is 0 Å². The van der Waals surface area contributed by atoms with E-state index in [0.717, 1.165) is 23.3 Å². The summed E-state index contributed by atoms with van der Waals surface area (Å²) >= 11 is 1.67. The molecule has 0 radical (unpaired) electrons. The molecule has 20 heavy (non-hydrogen) atoms. The van der Waals surface area contributed by atoms with E-state index in [0.29, 0.717) is 12.0 Å². The second-order valence-electron chi connectivity index (χ2n) is 7.12. The second kappa shape index (κ2) is 4.59. The van der Waals surface area contributed by atoms with Gasteiger partial charge in [0.15, 0.2) is 0 Å². The number of hydrogen-bond acceptors (Lipinski definition) is 3. The molecule has 4 aliphatic carbocycles. The fourth-order valence-electron chi connectivity index (χ4n) is 5.52. The number of rotatable bonds is 3. The van der Waals surface area contributed by atoms with Gasteiger partial charge in [0, 0.05) is 5.38 Å². The fraction of sp³-hybridized carbons (Fsp3) is 0.706. The zero-order chi connectivity index (χ0) is 13.7. The van der Waals surface area contributed by atoms with Crippen molar-refractivity contribution in [3.8, 4) is 0 Å². The average Bonchev–Trinajstić information content (AvgIpc) is 2.87. The Bertz CT molecular complexity index is 496. The van der Waals surface area contributed by atoms with E-state index in [4.69, 9.17) is 4.74 Å². The van der Waals surface area contributed by atoms with Crippen molar-refractivity contribution in [1.82, 2.24) is 0 Å². The van der Waals surface area contributed by atoms with Crippen molar-refractivity contribution in [3.63, 3.8) is 0 Å². The largest absolute Gasteiger partial charge is 0.462 e. The van der Waals surface area contributed by atoms with Gasteiger partial charge in [-0.3, -0.25) is 0 Å². The van der Waals surface area contributed by atoms with Crippen LogP contribution in [-0.2, 0) is 10.2 Å². The number of carbonyl (C=O) groups excluding carboxylic acids is 1. The Morgan fingerprint density at radius 1 is 1.20 bits per heavy atom. The number of esters is 1. The number of carbonyl (C=O) groups is 1. The third-order valence-electron chi connectivity index (χ3n) is 5.77. The molecule has 4 fully saturated rings. The molecule has 0 aromatic carbocycles. The van der Waals surface area contributed by atoms with Gasteiger partial charge in [0.05, 0.1) is 12.2 Å². The summed E-state index contributed by atoms with van der Waals surface area (Å²) in [6.07, 6.45) is 8.25. The maximum absolute atomic E-state index is 12.2. The van der Waals surface area contributed by atoms with Crippen molar-refractivity contribution < 1.29 is 9.53 Å². The van der Waals surface area contributed by atoms with E-state index in [1.165, 1.54) is 44.1 Å². The van der Waals surface area contributed by atoms with Crippen molar-refractivity contribution in [1.29, 1.82) is 0 Å². The Hall–Kier alpha value is -0.830. The first-order chi connectivity index (χ1) is 9.70. The monoisotopic (exact) mass is 290 g/mol. The Kier molecular flexibility index (Phi) is 2.95. The van der Waals surface area contributed by atoms with Gasteiger partial charge in [0.1, 0.15) is 0 Å². The minimum atomic E-state index is -0.112. The molecular weight excluding hydrogens is 268 g/mol. The quantitative estimate of drug-likeness (QED) is 0.772. The standard InChI is InChI=1S/C17H22O2S/c1-2-19-16(18)14-9-20-10-15(14)17-6-11-3-12(7-17)5-13(4-11)8-17/h9-13H,2-8H2,1H3. The highest BCUT2D eigenvalue weighted by Crippen LogP contribution is 2.61. The Labute approximate surface area is 124 Å². The van der Waals surface area contributed by atoms with Gasteiger partial charge < -0.3 is 4.74 Å². The normalized spacial score (nSPS) is 38.1. The fourth-order valence-corrected chi connectivity index (χ4v) is 6.46. The lowest BCUT2D eigenvalue weighted by Gasteiger charge is -2.57. The minimum absolute atomic E-state index is 0.112. The van der Waals surface area contributed by atoms with Crippen LogP contribution in [-0.4, -0.2) is 12.6 Å². The van der Waals surface area contributed by atoms with E-state index in [2.05, 4.69) is 5.38 Å². The first-order valence-corrected chi connectivity index (χ1v) is 8.88. The topological polar surface area (TPSA) is 26.3 Å². The van der Waals surface area contributed by atoms with Gasteiger partial charge >= 0.3 is 5.97 Å². The highest BCUT2D eigenvalue weighted by molar-refractivity contribution is 7.08. The Morgan fingerprint density at radius 2 is 1.80 bits per heavy atom. The highest BCUT2D eigenvalue weighted by Gasteiger charge is 2.52. The molecule has 1 aromatic heterocycles. The lowest BCUT2D eigenvalue weighted by Crippen LogP contribution is -2.48. The van der Waals surface area contributed by atoms with Gasteiger partial charge in [-0.2, -0.15) is 11.3 Å². The van der Waals surface area contributed by atoms with Crippen LogP contribution in [0, 0.1) is 17.8 Å². The van der Waals surface area contributed by atoms with Gasteiger partial charge in [-0.15, -0.1) is 0 Å². The maximum Gasteiger partial charge on any atom is 0.339 e. The van der Waals surface area contributed by atoms with Crippen LogP contribution in [0.3, 0.4) is 0 Å². The third-order valence-corrected chi connectivity index (χ3v) is 6.51. The molecule has 5 rings (SSSR count). The van der Waals surface area contributed by atoms with E-state index in [1.54, 1.807) is 11.3 Å². The van der Waals surface area contributed by atoms with Crippen LogP contribution in [0.4, 0.5) is 0 Å². The van der Waals surface area contributed by atoms with Crippen molar-refractivity contribution in [2.45, 2.75) is 50.9 Å². The molecule has 0 amide bonds. The second-order valence-corrected chi connectivity index (χ2v) is 7.86. The molecular formula is C17H22O2S. The van der Waals surface area contributed by atoms with Crippen molar-refractivity contribution in [2.24, 2.45) is 17.8 Å². The smallest absolute Gasteiger partial charge is 0.339 e. The maximum atomic E-state index is 12.2. The van der Waals surface area contributed by atoms with Gasteiger partial charge in [-0.25, -0.2) is 4.79 Å². The van der Waals surface area contributed by atoms with Gasteiger partial charge in [0.25, 0.3) is 0 Å². The highest BCUT2D eigenvalue weighted by atomic mass is 32.1. The predicted molar refractivity (Wildman–Crippen MR) is 80.1 cm³/mol. The lowest BCUT2D eigenvalue weighted by atomic mass is 9.48. The summed E-state index contributed by atoms with van der Waals surface area (Å²) in [4.78, 5) is 12.2. The molecule has 4 saturated carbocycles. The number of hydrogen-bond donors (Lipinski definition) is 0. The van der Waals surface area contributed by atoms with Gasteiger partial charge in [0.2, 0.25) is 0 Å². The van der Waals surface area contributed by atoms with Crippen LogP contribution in [0.5, 0.6) is 0 Å². The van der Waals surface area contributed by atoms with Crippen LogP contribution in [0.15, 0.2) is 10.8 Å². The van der Waals surface area contributed by atoms with Crippen molar-refractivity contribution in [2.75, 3.05) is 6.61 Å². The van der Waals surface area contributed by atoms with Gasteiger partial charge in [-0.05, 0) is 79.6 Å². The number of ether oxygens (including phenoxy) is 1. The van der Waals surface area contributed by atoms with Crippen molar-refractivity contribution in [3.05, 3.63) is 21.9 Å². The summed E-state index contributed by atoms with van der Waals surface area (Å²) in [6.45, 7) is 2.35. The van der Waals surface area contributed by atoms with E-state index in [1.807, 2.05) is 12.3 Å². The molecule has 108 valence electrons. The summed E-state index contributed by atoms with van der Waals surface area (Å²) in [6, 6.07) is 0. The van der Waals surface area contributed by atoms with Gasteiger partial charge in [-0.1, -0.05) is 0 Å². The molecule has 4 bridgehead atoms. The van der Waals surface area contributed by atoms with E-state index < -0.39 is 0 Å². The van der Waals surface area contributed by atoms with E-state index in [-0.39, 0.29) is 5.97 Å².